The Balaban J connectivity index is 2.23. The van der Waals surface area contributed by atoms with Crippen LogP contribution in [0.15, 0.2) is 36.4 Å². The van der Waals surface area contributed by atoms with E-state index in [1.807, 2.05) is 0 Å². The van der Waals surface area contributed by atoms with E-state index in [0.717, 1.165) is 0 Å². The number of ether oxygens (including phenoxy) is 1. The normalized spacial score (nSPS) is 10.3. The molecule has 0 aliphatic heterocycles. The lowest BCUT2D eigenvalue weighted by Crippen LogP contribution is -2.09. The second-order valence-corrected chi connectivity index (χ2v) is 5.25. The van der Waals surface area contributed by atoms with Gasteiger partial charge in [-0.1, -0.05) is 46.4 Å². The zero-order chi connectivity index (χ0) is 14.0. The Bertz CT molecular complexity index is 641. The number of hydrogen-bond acceptors (Lipinski definition) is 2. The highest BCUT2D eigenvalue weighted by Gasteiger charge is 2.13. The van der Waals surface area contributed by atoms with Crippen LogP contribution >= 0.6 is 46.4 Å². The molecular weight excluding hydrogens is 330 g/mol. The molecule has 0 spiro atoms. The number of benzene rings is 2. The zero-order valence-electron chi connectivity index (χ0n) is 9.29. The molecule has 2 aromatic carbocycles. The van der Waals surface area contributed by atoms with Crippen LogP contribution in [0, 0.1) is 0 Å². The van der Waals surface area contributed by atoms with Gasteiger partial charge >= 0.3 is 5.97 Å². The Hall–Kier alpha value is -0.930. The van der Waals surface area contributed by atoms with Gasteiger partial charge in [-0.15, -0.1) is 0 Å². The standard InChI is InChI=1S/C13H6Cl4O2/c14-7-1-3-9(11(16)5-7)13(18)19-8-2-4-10(15)12(17)6-8/h1-6H. The molecule has 0 aliphatic rings. The quantitative estimate of drug-likeness (QED) is 0.533. The first-order valence-electron chi connectivity index (χ1n) is 5.09. The number of halogens is 4. The van der Waals surface area contributed by atoms with Crippen LogP contribution in [0.2, 0.25) is 20.1 Å². The van der Waals surface area contributed by atoms with Crippen LogP contribution in [-0.2, 0) is 0 Å². The third-order valence-electron chi connectivity index (χ3n) is 2.25. The van der Waals surface area contributed by atoms with Gasteiger partial charge in [0.1, 0.15) is 5.75 Å². The highest BCUT2D eigenvalue weighted by Crippen LogP contribution is 2.28. The molecule has 2 aromatic rings. The van der Waals surface area contributed by atoms with E-state index in [1.165, 1.54) is 30.3 Å². The van der Waals surface area contributed by atoms with Crippen LogP contribution in [0.1, 0.15) is 10.4 Å². The van der Waals surface area contributed by atoms with Crippen molar-refractivity contribution in [1.29, 1.82) is 0 Å². The molecule has 0 saturated carbocycles. The third kappa shape index (κ3) is 3.54. The molecule has 0 aromatic heterocycles. The lowest BCUT2D eigenvalue weighted by molar-refractivity contribution is 0.0735. The lowest BCUT2D eigenvalue weighted by atomic mass is 10.2. The molecule has 19 heavy (non-hydrogen) atoms. The van der Waals surface area contributed by atoms with E-state index < -0.39 is 5.97 Å². The third-order valence-corrected chi connectivity index (χ3v) is 3.54. The lowest BCUT2D eigenvalue weighted by Gasteiger charge is -2.07. The largest absolute Gasteiger partial charge is 0.423 e. The maximum Gasteiger partial charge on any atom is 0.345 e. The molecule has 0 radical (unpaired) electrons. The van der Waals surface area contributed by atoms with Crippen LogP contribution in [0.4, 0.5) is 0 Å². The molecule has 2 rings (SSSR count). The van der Waals surface area contributed by atoms with E-state index in [1.54, 1.807) is 6.07 Å². The van der Waals surface area contributed by atoms with Crippen LogP contribution in [0.5, 0.6) is 5.75 Å². The molecule has 2 nitrogen and oxygen atoms in total. The molecule has 0 heterocycles. The molecule has 0 N–H and O–H groups in total. The van der Waals surface area contributed by atoms with Crippen molar-refractivity contribution in [1.82, 2.24) is 0 Å². The van der Waals surface area contributed by atoms with Crippen molar-refractivity contribution >= 4 is 52.4 Å². The molecule has 6 heteroatoms. The van der Waals surface area contributed by atoms with Crippen LogP contribution in [0.25, 0.3) is 0 Å². The van der Waals surface area contributed by atoms with Crippen molar-refractivity contribution in [2.45, 2.75) is 0 Å². The van der Waals surface area contributed by atoms with E-state index in [-0.39, 0.29) is 16.3 Å². The Morgan fingerprint density at radius 3 is 2.21 bits per heavy atom. The highest BCUT2D eigenvalue weighted by atomic mass is 35.5. The van der Waals surface area contributed by atoms with Crippen molar-refractivity contribution < 1.29 is 9.53 Å². The van der Waals surface area contributed by atoms with Gasteiger partial charge in [0, 0.05) is 11.1 Å². The molecule has 0 atom stereocenters. The smallest absolute Gasteiger partial charge is 0.345 e. The SMILES string of the molecule is O=C(Oc1ccc(Cl)c(Cl)c1)c1ccc(Cl)cc1Cl. The summed E-state index contributed by atoms with van der Waals surface area (Å²) in [6.45, 7) is 0. The van der Waals surface area contributed by atoms with Crippen LogP contribution in [-0.4, -0.2) is 5.97 Å². The summed E-state index contributed by atoms with van der Waals surface area (Å²) in [5.41, 5.74) is 0.220. The van der Waals surface area contributed by atoms with Gasteiger partial charge in [-0.3, -0.25) is 0 Å². The van der Waals surface area contributed by atoms with E-state index >= 15 is 0 Å². The summed E-state index contributed by atoms with van der Waals surface area (Å²) in [4.78, 5) is 11.9. The first kappa shape index (κ1) is 14.5. The first-order valence-corrected chi connectivity index (χ1v) is 6.61. The molecule has 0 amide bonds. The van der Waals surface area contributed by atoms with Gasteiger partial charge < -0.3 is 4.74 Å². The van der Waals surface area contributed by atoms with Gasteiger partial charge in [0.25, 0.3) is 0 Å². The van der Waals surface area contributed by atoms with Crippen molar-refractivity contribution in [2.24, 2.45) is 0 Å². The molecule has 0 saturated heterocycles. The second kappa shape index (κ2) is 6.02. The molecule has 0 fully saturated rings. The molecular formula is C13H6Cl4O2. The summed E-state index contributed by atoms with van der Waals surface area (Å²) < 4.78 is 5.15. The Morgan fingerprint density at radius 1 is 0.842 bits per heavy atom. The van der Waals surface area contributed by atoms with E-state index in [4.69, 9.17) is 51.1 Å². The fourth-order valence-corrected chi connectivity index (χ4v) is 2.13. The Labute approximate surface area is 129 Å². The number of carbonyl (C=O) groups excluding carboxylic acids is 1. The van der Waals surface area contributed by atoms with E-state index in [0.29, 0.717) is 15.1 Å². The van der Waals surface area contributed by atoms with Crippen molar-refractivity contribution in [3.05, 3.63) is 62.1 Å². The summed E-state index contributed by atoms with van der Waals surface area (Å²) in [7, 11) is 0. The minimum Gasteiger partial charge on any atom is -0.423 e. The summed E-state index contributed by atoms with van der Waals surface area (Å²) in [5, 5.41) is 1.34. The average Bonchev–Trinajstić information content (AvgIpc) is 2.33. The second-order valence-electron chi connectivity index (χ2n) is 3.59. The van der Waals surface area contributed by atoms with E-state index in [9.17, 15) is 4.79 Å². The summed E-state index contributed by atoms with van der Waals surface area (Å²) in [6, 6.07) is 9.04. The van der Waals surface area contributed by atoms with Crippen LogP contribution in [0.3, 0.4) is 0 Å². The average molecular weight is 336 g/mol. The van der Waals surface area contributed by atoms with Crippen LogP contribution < -0.4 is 4.74 Å². The highest BCUT2D eigenvalue weighted by molar-refractivity contribution is 6.42. The van der Waals surface area contributed by atoms with E-state index in [2.05, 4.69) is 0 Å². The maximum absolute atomic E-state index is 11.9. The minimum absolute atomic E-state index is 0.220. The number of carbonyl (C=O) groups is 1. The number of rotatable bonds is 2. The first-order chi connectivity index (χ1) is 8.97. The number of esters is 1. The predicted molar refractivity (Wildman–Crippen MR) is 77.9 cm³/mol. The topological polar surface area (TPSA) is 26.3 Å². The van der Waals surface area contributed by atoms with Gasteiger partial charge in [0.05, 0.1) is 20.6 Å². The fraction of sp³-hybridized carbons (Fsp3) is 0. The minimum atomic E-state index is -0.597. The summed E-state index contributed by atoms with van der Waals surface area (Å²) >= 11 is 23.3. The van der Waals surface area contributed by atoms with Gasteiger partial charge in [0.2, 0.25) is 0 Å². The molecule has 0 unspecified atom stereocenters. The summed E-state index contributed by atoms with van der Waals surface area (Å²) in [5.74, 6) is -0.314. The predicted octanol–water partition coefficient (Wildman–Crippen LogP) is 5.52. The van der Waals surface area contributed by atoms with Gasteiger partial charge in [-0.05, 0) is 30.3 Å². The zero-order valence-corrected chi connectivity index (χ0v) is 12.3. The summed E-state index contributed by atoms with van der Waals surface area (Å²) in [6.07, 6.45) is 0. The van der Waals surface area contributed by atoms with Crippen molar-refractivity contribution in [3.63, 3.8) is 0 Å². The molecule has 0 aliphatic carbocycles. The fourth-order valence-electron chi connectivity index (χ4n) is 1.36. The van der Waals surface area contributed by atoms with Gasteiger partial charge in [-0.25, -0.2) is 4.79 Å². The van der Waals surface area contributed by atoms with Crippen molar-refractivity contribution in [3.8, 4) is 5.75 Å². The molecule has 0 bridgehead atoms. The molecule has 98 valence electrons. The maximum atomic E-state index is 11.9. The monoisotopic (exact) mass is 334 g/mol. The van der Waals surface area contributed by atoms with Crippen molar-refractivity contribution in [2.75, 3.05) is 0 Å². The number of hydrogen-bond donors (Lipinski definition) is 0. The van der Waals surface area contributed by atoms with Gasteiger partial charge in [-0.2, -0.15) is 0 Å². The van der Waals surface area contributed by atoms with Gasteiger partial charge in [0.15, 0.2) is 0 Å². The Morgan fingerprint density at radius 2 is 1.58 bits per heavy atom. The Kier molecular flexibility index (Phi) is 4.58.